The first-order valence-electron chi connectivity index (χ1n) is 6.23. The molecule has 20 heavy (non-hydrogen) atoms. The van der Waals surface area contributed by atoms with Crippen molar-refractivity contribution in [3.63, 3.8) is 0 Å². The maximum absolute atomic E-state index is 13.2. The minimum atomic E-state index is -1.27. The Hall–Kier alpha value is -1.94. The van der Waals surface area contributed by atoms with Crippen LogP contribution >= 0.6 is 0 Å². The van der Waals surface area contributed by atoms with Crippen molar-refractivity contribution in [2.75, 3.05) is 7.11 Å². The Morgan fingerprint density at radius 1 is 1.05 bits per heavy atom. The van der Waals surface area contributed by atoms with Crippen molar-refractivity contribution >= 4 is 0 Å². The summed E-state index contributed by atoms with van der Waals surface area (Å²) >= 11 is 0. The summed E-state index contributed by atoms with van der Waals surface area (Å²) in [7, 11) is 1.58. The van der Waals surface area contributed by atoms with Gasteiger partial charge in [-0.05, 0) is 42.3 Å². The number of methoxy groups -OCH3 is 1. The Morgan fingerprint density at radius 2 is 1.70 bits per heavy atom. The van der Waals surface area contributed by atoms with Crippen LogP contribution in [0, 0.1) is 11.6 Å². The van der Waals surface area contributed by atoms with Gasteiger partial charge in [-0.3, -0.25) is 0 Å². The number of halogens is 2. The van der Waals surface area contributed by atoms with Crippen molar-refractivity contribution in [1.29, 1.82) is 0 Å². The van der Waals surface area contributed by atoms with Gasteiger partial charge >= 0.3 is 0 Å². The lowest BCUT2D eigenvalue weighted by molar-refractivity contribution is 0.0571. The molecule has 0 radical (unpaired) electrons. The first-order valence-corrected chi connectivity index (χ1v) is 6.23. The van der Waals surface area contributed by atoms with Crippen LogP contribution in [0.1, 0.15) is 18.1 Å². The van der Waals surface area contributed by atoms with Crippen LogP contribution < -0.4 is 4.74 Å². The standard InChI is InChI=1S/C16H16F2O2/c1-16(19,12-5-8-14(17)15(18)9-12)10-11-3-6-13(20-2)7-4-11/h3-9,19H,10H2,1-2H3. The molecule has 0 aliphatic rings. The van der Waals surface area contributed by atoms with Crippen molar-refractivity contribution in [3.05, 3.63) is 65.2 Å². The zero-order valence-corrected chi connectivity index (χ0v) is 11.4. The molecule has 106 valence electrons. The van der Waals surface area contributed by atoms with Crippen LogP contribution in [0.25, 0.3) is 0 Å². The highest BCUT2D eigenvalue weighted by molar-refractivity contribution is 5.31. The average Bonchev–Trinajstić information content (AvgIpc) is 2.42. The zero-order chi connectivity index (χ0) is 14.8. The molecule has 2 nitrogen and oxygen atoms in total. The predicted octanol–water partition coefficient (Wildman–Crippen LogP) is 3.42. The van der Waals surface area contributed by atoms with E-state index in [1.165, 1.54) is 6.07 Å². The van der Waals surface area contributed by atoms with Gasteiger partial charge in [0.25, 0.3) is 0 Å². The first kappa shape index (κ1) is 14.5. The Bertz CT molecular complexity index is 592. The zero-order valence-electron chi connectivity index (χ0n) is 11.4. The predicted molar refractivity (Wildman–Crippen MR) is 72.6 cm³/mol. The monoisotopic (exact) mass is 278 g/mol. The van der Waals surface area contributed by atoms with Crippen LogP contribution in [0.3, 0.4) is 0 Å². The largest absolute Gasteiger partial charge is 0.497 e. The molecule has 1 atom stereocenters. The maximum Gasteiger partial charge on any atom is 0.159 e. The topological polar surface area (TPSA) is 29.5 Å². The highest BCUT2D eigenvalue weighted by Crippen LogP contribution is 2.27. The second kappa shape index (κ2) is 5.59. The minimum Gasteiger partial charge on any atom is -0.497 e. The van der Waals surface area contributed by atoms with Gasteiger partial charge in [0, 0.05) is 6.42 Å². The molecular formula is C16H16F2O2. The molecule has 0 bridgehead atoms. The average molecular weight is 278 g/mol. The van der Waals surface area contributed by atoms with Gasteiger partial charge in [-0.15, -0.1) is 0 Å². The molecule has 2 aromatic rings. The molecular weight excluding hydrogens is 262 g/mol. The molecule has 0 heterocycles. The summed E-state index contributed by atoms with van der Waals surface area (Å²) in [4.78, 5) is 0. The van der Waals surface area contributed by atoms with Crippen molar-refractivity contribution in [1.82, 2.24) is 0 Å². The summed E-state index contributed by atoms with van der Waals surface area (Å²) in [6, 6.07) is 10.7. The fourth-order valence-electron chi connectivity index (χ4n) is 2.07. The number of aliphatic hydroxyl groups is 1. The summed E-state index contributed by atoms with van der Waals surface area (Å²) in [6.07, 6.45) is 0.294. The normalized spacial score (nSPS) is 13.8. The van der Waals surface area contributed by atoms with E-state index in [4.69, 9.17) is 4.74 Å². The highest BCUT2D eigenvalue weighted by Gasteiger charge is 2.24. The van der Waals surface area contributed by atoms with E-state index in [1.54, 1.807) is 26.2 Å². The first-order chi connectivity index (χ1) is 9.42. The molecule has 0 aliphatic carbocycles. The third-order valence-corrected chi connectivity index (χ3v) is 3.25. The third-order valence-electron chi connectivity index (χ3n) is 3.25. The van der Waals surface area contributed by atoms with Crippen LogP contribution in [0.5, 0.6) is 5.75 Å². The van der Waals surface area contributed by atoms with Gasteiger partial charge in [0.1, 0.15) is 5.75 Å². The van der Waals surface area contributed by atoms with Crippen LogP contribution in [-0.2, 0) is 12.0 Å². The van der Waals surface area contributed by atoms with Gasteiger partial charge in [0.15, 0.2) is 11.6 Å². The fraction of sp³-hybridized carbons (Fsp3) is 0.250. The molecule has 0 amide bonds. The fourth-order valence-corrected chi connectivity index (χ4v) is 2.07. The van der Waals surface area contributed by atoms with E-state index in [9.17, 15) is 13.9 Å². The third kappa shape index (κ3) is 3.14. The maximum atomic E-state index is 13.2. The molecule has 0 aliphatic heterocycles. The van der Waals surface area contributed by atoms with Gasteiger partial charge in [-0.2, -0.15) is 0 Å². The second-order valence-electron chi connectivity index (χ2n) is 4.93. The van der Waals surface area contributed by atoms with E-state index in [0.717, 1.165) is 23.4 Å². The Morgan fingerprint density at radius 3 is 2.25 bits per heavy atom. The van der Waals surface area contributed by atoms with Gasteiger partial charge < -0.3 is 9.84 Å². The van der Waals surface area contributed by atoms with Crippen molar-refractivity contribution < 1.29 is 18.6 Å². The molecule has 0 saturated heterocycles. The Kier molecular flexibility index (Phi) is 4.04. The van der Waals surface area contributed by atoms with Gasteiger partial charge in [0.05, 0.1) is 12.7 Å². The van der Waals surface area contributed by atoms with Crippen molar-refractivity contribution in [3.8, 4) is 5.75 Å². The van der Waals surface area contributed by atoms with E-state index in [-0.39, 0.29) is 0 Å². The molecule has 0 aromatic heterocycles. The molecule has 0 fully saturated rings. The molecule has 1 unspecified atom stereocenters. The van der Waals surface area contributed by atoms with Gasteiger partial charge in [-0.25, -0.2) is 8.78 Å². The molecule has 0 spiro atoms. The molecule has 0 saturated carbocycles. The van der Waals surface area contributed by atoms with Crippen molar-refractivity contribution in [2.45, 2.75) is 18.9 Å². The minimum absolute atomic E-state index is 0.294. The lowest BCUT2D eigenvalue weighted by atomic mass is 9.89. The SMILES string of the molecule is COc1ccc(CC(C)(O)c2ccc(F)c(F)c2)cc1. The number of rotatable bonds is 4. The van der Waals surface area contributed by atoms with E-state index < -0.39 is 17.2 Å². The molecule has 4 heteroatoms. The second-order valence-corrected chi connectivity index (χ2v) is 4.93. The number of benzene rings is 2. The number of ether oxygens (including phenoxy) is 1. The lowest BCUT2D eigenvalue weighted by Crippen LogP contribution is -2.24. The van der Waals surface area contributed by atoms with Gasteiger partial charge in [0.2, 0.25) is 0 Å². The smallest absolute Gasteiger partial charge is 0.159 e. The van der Waals surface area contributed by atoms with Crippen LogP contribution in [0.15, 0.2) is 42.5 Å². The van der Waals surface area contributed by atoms with E-state index in [0.29, 0.717) is 12.0 Å². The molecule has 2 aromatic carbocycles. The Balaban J connectivity index is 2.22. The summed E-state index contributed by atoms with van der Waals surface area (Å²) in [6.45, 7) is 1.57. The van der Waals surface area contributed by atoms with E-state index in [1.807, 2.05) is 12.1 Å². The molecule has 2 rings (SSSR count). The summed E-state index contributed by atoms with van der Waals surface area (Å²) in [5.74, 6) is -1.16. The highest BCUT2D eigenvalue weighted by atomic mass is 19.2. The Labute approximate surface area is 116 Å². The van der Waals surface area contributed by atoms with Crippen LogP contribution in [0.2, 0.25) is 0 Å². The molecule has 1 N–H and O–H groups in total. The van der Waals surface area contributed by atoms with E-state index in [2.05, 4.69) is 0 Å². The van der Waals surface area contributed by atoms with E-state index >= 15 is 0 Å². The number of hydrogen-bond donors (Lipinski definition) is 1. The quantitative estimate of drug-likeness (QED) is 0.928. The summed E-state index contributed by atoms with van der Waals surface area (Å²) < 4.78 is 31.2. The van der Waals surface area contributed by atoms with Crippen LogP contribution in [0.4, 0.5) is 8.78 Å². The van der Waals surface area contributed by atoms with Crippen molar-refractivity contribution in [2.24, 2.45) is 0 Å². The summed E-state index contributed by atoms with van der Waals surface area (Å²) in [5.41, 5.74) is -0.0592. The summed E-state index contributed by atoms with van der Waals surface area (Å²) in [5, 5.41) is 10.5. The number of hydrogen-bond acceptors (Lipinski definition) is 2. The van der Waals surface area contributed by atoms with Gasteiger partial charge in [-0.1, -0.05) is 18.2 Å². The van der Waals surface area contributed by atoms with Crippen LogP contribution in [-0.4, -0.2) is 12.2 Å². The lowest BCUT2D eigenvalue weighted by Gasteiger charge is -2.24.